The molecular weight excluding hydrogens is 306 g/mol. The third-order valence-corrected chi connectivity index (χ3v) is 4.73. The average Bonchev–Trinajstić information content (AvgIpc) is 2.82. The predicted octanol–water partition coefficient (Wildman–Crippen LogP) is 3.18. The SMILES string of the molecule is CC1(CN[C@@H]2CCc3c(Br)cccc32)OCCCO1. The van der Waals surface area contributed by atoms with E-state index in [0.717, 1.165) is 39.0 Å². The maximum Gasteiger partial charge on any atom is 0.177 e. The highest BCUT2D eigenvalue weighted by atomic mass is 79.9. The molecule has 1 N–H and O–H groups in total. The minimum Gasteiger partial charge on any atom is -0.349 e. The number of fused-ring (bicyclic) bond motifs is 1. The smallest absolute Gasteiger partial charge is 0.177 e. The van der Waals surface area contributed by atoms with E-state index in [2.05, 4.69) is 39.4 Å². The van der Waals surface area contributed by atoms with Crippen molar-refractivity contribution < 1.29 is 9.47 Å². The minimum absolute atomic E-state index is 0.415. The van der Waals surface area contributed by atoms with E-state index >= 15 is 0 Å². The predicted molar refractivity (Wildman–Crippen MR) is 78.1 cm³/mol. The molecular formula is C15H20BrNO2. The second-order valence-electron chi connectivity index (χ2n) is 5.46. The Balaban J connectivity index is 1.65. The molecule has 0 spiro atoms. The zero-order valence-corrected chi connectivity index (χ0v) is 12.8. The van der Waals surface area contributed by atoms with Gasteiger partial charge in [-0.2, -0.15) is 0 Å². The number of rotatable bonds is 3. The highest BCUT2D eigenvalue weighted by molar-refractivity contribution is 9.10. The van der Waals surface area contributed by atoms with Crippen LogP contribution in [0.1, 0.15) is 36.9 Å². The summed E-state index contributed by atoms with van der Waals surface area (Å²) in [4.78, 5) is 0. The van der Waals surface area contributed by atoms with Gasteiger partial charge in [-0.05, 0) is 43.4 Å². The van der Waals surface area contributed by atoms with Crippen molar-refractivity contribution in [2.75, 3.05) is 19.8 Å². The molecule has 1 aliphatic carbocycles. The fourth-order valence-electron chi connectivity index (χ4n) is 2.91. The molecule has 0 aromatic heterocycles. The zero-order valence-electron chi connectivity index (χ0n) is 11.2. The molecule has 19 heavy (non-hydrogen) atoms. The second-order valence-corrected chi connectivity index (χ2v) is 6.32. The molecule has 1 saturated heterocycles. The van der Waals surface area contributed by atoms with E-state index in [9.17, 15) is 0 Å². The lowest BCUT2D eigenvalue weighted by Crippen LogP contribution is -2.46. The van der Waals surface area contributed by atoms with Crippen molar-refractivity contribution in [1.82, 2.24) is 5.32 Å². The third-order valence-electron chi connectivity index (χ3n) is 3.99. The summed E-state index contributed by atoms with van der Waals surface area (Å²) >= 11 is 3.64. The van der Waals surface area contributed by atoms with Crippen LogP contribution in [0, 0.1) is 0 Å². The Kier molecular flexibility index (Phi) is 3.94. The van der Waals surface area contributed by atoms with E-state index in [1.54, 1.807) is 0 Å². The fourth-order valence-corrected chi connectivity index (χ4v) is 3.49. The number of ether oxygens (including phenoxy) is 2. The van der Waals surface area contributed by atoms with E-state index in [1.807, 2.05) is 6.92 Å². The van der Waals surface area contributed by atoms with Crippen LogP contribution in [0.3, 0.4) is 0 Å². The van der Waals surface area contributed by atoms with Crippen LogP contribution in [-0.2, 0) is 15.9 Å². The summed E-state index contributed by atoms with van der Waals surface area (Å²) in [6.07, 6.45) is 3.27. The van der Waals surface area contributed by atoms with Crippen LogP contribution in [-0.4, -0.2) is 25.5 Å². The summed E-state index contributed by atoms with van der Waals surface area (Å²) in [7, 11) is 0. The summed E-state index contributed by atoms with van der Waals surface area (Å²) in [5, 5.41) is 3.60. The number of hydrogen-bond donors (Lipinski definition) is 1. The van der Waals surface area contributed by atoms with Gasteiger partial charge in [0.05, 0.1) is 13.2 Å². The molecule has 1 atom stereocenters. The molecule has 0 radical (unpaired) electrons. The van der Waals surface area contributed by atoms with Gasteiger partial charge in [0.25, 0.3) is 0 Å². The molecule has 4 heteroatoms. The Hall–Kier alpha value is -0.420. The van der Waals surface area contributed by atoms with Crippen LogP contribution in [0.2, 0.25) is 0 Å². The van der Waals surface area contributed by atoms with Gasteiger partial charge in [0.1, 0.15) is 0 Å². The highest BCUT2D eigenvalue weighted by Gasteiger charge is 2.31. The van der Waals surface area contributed by atoms with E-state index in [0.29, 0.717) is 6.04 Å². The Bertz CT molecular complexity index is 457. The summed E-state index contributed by atoms with van der Waals surface area (Å²) in [6.45, 7) is 4.36. The lowest BCUT2D eigenvalue weighted by molar-refractivity contribution is -0.252. The average molecular weight is 326 g/mol. The molecule has 3 rings (SSSR count). The van der Waals surface area contributed by atoms with E-state index in [-0.39, 0.29) is 0 Å². The van der Waals surface area contributed by atoms with Crippen molar-refractivity contribution in [3.63, 3.8) is 0 Å². The maximum atomic E-state index is 5.74. The van der Waals surface area contributed by atoms with Crippen LogP contribution in [0.4, 0.5) is 0 Å². The first-order chi connectivity index (χ1) is 9.18. The van der Waals surface area contributed by atoms with Crippen LogP contribution in [0.15, 0.2) is 22.7 Å². The summed E-state index contributed by atoms with van der Waals surface area (Å²) in [5.74, 6) is -0.465. The monoisotopic (exact) mass is 325 g/mol. The molecule has 2 aliphatic rings. The Morgan fingerprint density at radius 1 is 1.37 bits per heavy atom. The zero-order chi connectivity index (χ0) is 13.3. The Labute approximate surface area is 122 Å². The standard InChI is InChI=1S/C15H20BrNO2/c1-15(18-8-3-9-19-15)10-17-14-7-6-11-12(14)4-2-5-13(11)16/h2,4-5,14,17H,3,6-10H2,1H3/t14-/m1/s1. The van der Waals surface area contributed by atoms with Crippen LogP contribution < -0.4 is 5.32 Å². The highest BCUT2D eigenvalue weighted by Crippen LogP contribution is 2.35. The molecule has 0 unspecified atom stereocenters. The van der Waals surface area contributed by atoms with Gasteiger partial charge in [0.2, 0.25) is 0 Å². The van der Waals surface area contributed by atoms with Gasteiger partial charge in [-0.25, -0.2) is 0 Å². The topological polar surface area (TPSA) is 30.5 Å². The molecule has 0 saturated carbocycles. The minimum atomic E-state index is -0.465. The number of benzene rings is 1. The van der Waals surface area contributed by atoms with Crippen molar-refractivity contribution in [1.29, 1.82) is 0 Å². The maximum absolute atomic E-state index is 5.74. The summed E-state index contributed by atoms with van der Waals surface area (Å²) < 4.78 is 12.7. The Morgan fingerprint density at radius 3 is 2.95 bits per heavy atom. The molecule has 1 heterocycles. The first-order valence-electron chi connectivity index (χ1n) is 6.96. The molecule has 1 aromatic carbocycles. The number of halogens is 1. The first-order valence-corrected chi connectivity index (χ1v) is 7.76. The van der Waals surface area contributed by atoms with Gasteiger partial charge < -0.3 is 14.8 Å². The van der Waals surface area contributed by atoms with Crippen molar-refractivity contribution >= 4 is 15.9 Å². The third kappa shape index (κ3) is 2.87. The summed E-state index contributed by atoms with van der Waals surface area (Å²) in [6, 6.07) is 6.86. The van der Waals surface area contributed by atoms with E-state index < -0.39 is 5.79 Å². The first kappa shape index (κ1) is 13.6. The van der Waals surface area contributed by atoms with Gasteiger partial charge in [-0.15, -0.1) is 0 Å². The van der Waals surface area contributed by atoms with Crippen LogP contribution >= 0.6 is 15.9 Å². The molecule has 0 bridgehead atoms. The quantitative estimate of drug-likeness (QED) is 0.925. The Morgan fingerprint density at radius 2 is 2.16 bits per heavy atom. The number of hydrogen-bond acceptors (Lipinski definition) is 3. The lowest BCUT2D eigenvalue weighted by atomic mass is 10.1. The van der Waals surface area contributed by atoms with E-state index in [4.69, 9.17) is 9.47 Å². The van der Waals surface area contributed by atoms with Gasteiger partial charge in [-0.3, -0.25) is 0 Å². The van der Waals surface area contributed by atoms with E-state index in [1.165, 1.54) is 15.6 Å². The van der Waals surface area contributed by atoms with Crippen LogP contribution in [0.5, 0.6) is 0 Å². The molecule has 1 aliphatic heterocycles. The number of nitrogens with one attached hydrogen (secondary N) is 1. The molecule has 3 nitrogen and oxygen atoms in total. The fraction of sp³-hybridized carbons (Fsp3) is 0.600. The van der Waals surface area contributed by atoms with Gasteiger partial charge in [0.15, 0.2) is 5.79 Å². The van der Waals surface area contributed by atoms with Crippen molar-refractivity contribution in [3.05, 3.63) is 33.8 Å². The second kappa shape index (κ2) is 5.52. The van der Waals surface area contributed by atoms with Gasteiger partial charge in [-0.1, -0.05) is 28.1 Å². The van der Waals surface area contributed by atoms with Crippen LogP contribution in [0.25, 0.3) is 0 Å². The van der Waals surface area contributed by atoms with Crippen molar-refractivity contribution in [2.45, 2.75) is 38.0 Å². The van der Waals surface area contributed by atoms with Crippen molar-refractivity contribution in [3.8, 4) is 0 Å². The molecule has 104 valence electrons. The largest absolute Gasteiger partial charge is 0.349 e. The van der Waals surface area contributed by atoms with Gasteiger partial charge >= 0.3 is 0 Å². The lowest BCUT2D eigenvalue weighted by Gasteiger charge is -2.35. The molecule has 1 aromatic rings. The molecule has 0 amide bonds. The van der Waals surface area contributed by atoms with Gasteiger partial charge in [0, 0.05) is 17.1 Å². The normalized spacial score (nSPS) is 25.3. The summed E-state index contributed by atoms with van der Waals surface area (Å²) in [5.41, 5.74) is 2.85. The molecule has 1 fully saturated rings. The van der Waals surface area contributed by atoms with Crippen molar-refractivity contribution in [2.24, 2.45) is 0 Å².